The van der Waals surface area contributed by atoms with Gasteiger partial charge in [-0.15, -0.1) is 0 Å². The molecule has 0 aromatic heterocycles. The van der Waals surface area contributed by atoms with E-state index in [4.69, 9.17) is 9.47 Å². The van der Waals surface area contributed by atoms with Crippen molar-refractivity contribution in [2.45, 2.75) is 45.8 Å². The molecule has 7 heteroatoms. The van der Waals surface area contributed by atoms with Crippen molar-refractivity contribution in [3.05, 3.63) is 29.8 Å². The highest BCUT2D eigenvalue weighted by Gasteiger charge is 2.25. The normalized spacial score (nSPS) is 17.6. The van der Waals surface area contributed by atoms with E-state index in [0.717, 1.165) is 63.6 Å². The number of aliphatic hydroxyl groups is 1. The Hall–Kier alpha value is -1.83. The number of morpholine rings is 1. The van der Waals surface area contributed by atoms with Crippen molar-refractivity contribution in [1.29, 1.82) is 0 Å². The lowest BCUT2D eigenvalue weighted by molar-refractivity contribution is -0.0201. The maximum atomic E-state index is 10.8. The lowest BCUT2D eigenvalue weighted by atomic mass is 10.1. The van der Waals surface area contributed by atoms with Gasteiger partial charge in [-0.2, -0.15) is 0 Å². The van der Waals surface area contributed by atoms with Crippen molar-refractivity contribution in [2.75, 3.05) is 52.5 Å². The van der Waals surface area contributed by atoms with Gasteiger partial charge in [0.15, 0.2) is 5.96 Å². The topological polar surface area (TPSA) is 78.3 Å². The van der Waals surface area contributed by atoms with E-state index in [-0.39, 0.29) is 0 Å². The zero-order valence-electron chi connectivity index (χ0n) is 18.2. The summed E-state index contributed by atoms with van der Waals surface area (Å²) in [6, 6.07) is 8.07. The van der Waals surface area contributed by atoms with E-state index in [1.54, 1.807) is 0 Å². The number of rotatable bonds is 11. The van der Waals surface area contributed by atoms with Crippen LogP contribution in [-0.2, 0) is 11.3 Å². The molecule has 1 atom stereocenters. The molecule has 0 radical (unpaired) electrons. The number of aliphatic imine (C=N–C) groups is 1. The van der Waals surface area contributed by atoms with E-state index in [0.29, 0.717) is 25.6 Å². The highest BCUT2D eigenvalue weighted by molar-refractivity contribution is 5.79. The van der Waals surface area contributed by atoms with Gasteiger partial charge in [0.1, 0.15) is 5.75 Å². The number of hydrogen-bond acceptors (Lipinski definition) is 5. The Morgan fingerprint density at radius 1 is 1.28 bits per heavy atom. The van der Waals surface area contributed by atoms with Crippen molar-refractivity contribution in [1.82, 2.24) is 15.5 Å². The second kappa shape index (κ2) is 12.7. The number of hydrogen-bond donors (Lipinski definition) is 3. The van der Waals surface area contributed by atoms with Crippen LogP contribution in [0.25, 0.3) is 0 Å². The number of β-amino-alcohol motifs (C(OH)–C–C–N with tert-alkyl or cyclic N) is 1. The Morgan fingerprint density at radius 3 is 2.79 bits per heavy atom. The molecular weight excluding hydrogens is 368 g/mol. The summed E-state index contributed by atoms with van der Waals surface area (Å²) >= 11 is 0. The third kappa shape index (κ3) is 9.47. The Morgan fingerprint density at radius 2 is 2.07 bits per heavy atom. The average molecular weight is 407 g/mol. The fraction of sp³-hybridized carbons (Fsp3) is 0.682. The molecule has 3 N–H and O–H groups in total. The molecule has 1 aliphatic rings. The van der Waals surface area contributed by atoms with Gasteiger partial charge >= 0.3 is 0 Å². The summed E-state index contributed by atoms with van der Waals surface area (Å²) in [5, 5.41) is 17.3. The average Bonchev–Trinajstić information content (AvgIpc) is 2.71. The van der Waals surface area contributed by atoms with Crippen LogP contribution < -0.4 is 15.4 Å². The van der Waals surface area contributed by atoms with Crippen LogP contribution >= 0.6 is 0 Å². The van der Waals surface area contributed by atoms with E-state index >= 15 is 0 Å². The van der Waals surface area contributed by atoms with E-state index in [1.807, 2.05) is 38.1 Å². The largest absolute Gasteiger partial charge is 0.494 e. The minimum absolute atomic E-state index is 0.427. The standard InChI is InChI=1S/C22H38N4O3/c1-4-6-12-29-20-9-7-8-19(15-20)16-24-21(23-5-2)25-17-22(3,27)18-26-10-13-28-14-11-26/h7-9,15,27H,4-6,10-14,16-18H2,1-3H3,(H2,23,24,25). The summed E-state index contributed by atoms with van der Waals surface area (Å²) in [7, 11) is 0. The van der Waals surface area contributed by atoms with Crippen molar-refractivity contribution >= 4 is 5.96 Å². The first-order valence-corrected chi connectivity index (χ1v) is 10.8. The van der Waals surface area contributed by atoms with Crippen LogP contribution in [0, 0.1) is 0 Å². The first-order chi connectivity index (χ1) is 14.0. The number of benzene rings is 1. The molecule has 2 rings (SSSR count). The fourth-order valence-corrected chi connectivity index (χ4v) is 3.15. The van der Waals surface area contributed by atoms with Crippen LogP contribution in [-0.4, -0.2) is 74.1 Å². The maximum absolute atomic E-state index is 10.8. The zero-order valence-corrected chi connectivity index (χ0v) is 18.2. The Balaban J connectivity index is 1.87. The van der Waals surface area contributed by atoms with Crippen LogP contribution in [0.2, 0.25) is 0 Å². The number of guanidine groups is 1. The van der Waals surface area contributed by atoms with Crippen molar-refractivity contribution in [3.8, 4) is 5.75 Å². The first kappa shape index (κ1) is 23.4. The van der Waals surface area contributed by atoms with Gasteiger partial charge in [0, 0.05) is 32.7 Å². The van der Waals surface area contributed by atoms with Crippen LogP contribution in [0.3, 0.4) is 0 Å². The van der Waals surface area contributed by atoms with Gasteiger partial charge in [-0.25, -0.2) is 4.99 Å². The molecule has 0 bridgehead atoms. The van der Waals surface area contributed by atoms with Crippen molar-refractivity contribution in [2.24, 2.45) is 4.99 Å². The van der Waals surface area contributed by atoms with Crippen LogP contribution in [0.5, 0.6) is 5.75 Å². The Labute approximate surface area is 175 Å². The SMILES string of the molecule is CCCCOc1cccc(CN=C(NCC)NCC(C)(O)CN2CCOCC2)c1. The van der Waals surface area contributed by atoms with E-state index in [1.165, 1.54) is 0 Å². The molecule has 7 nitrogen and oxygen atoms in total. The molecule has 0 aliphatic carbocycles. The summed E-state index contributed by atoms with van der Waals surface area (Å²) in [6.07, 6.45) is 2.18. The molecule has 1 heterocycles. The molecule has 1 aromatic rings. The predicted molar refractivity (Wildman–Crippen MR) is 118 cm³/mol. The summed E-state index contributed by atoms with van der Waals surface area (Å²) in [6.45, 7) is 12.3. The van der Waals surface area contributed by atoms with Gasteiger partial charge < -0.3 is 25.2 Å². The van der Waals surface area contributed by atoms with Gasteiger partial charge in [-0.3, -0.25) is 4.90 Å². The van der Waals surface area contributed by atoms with Gasteiger partial charge in [0.2, 0.25) is 0 Å². The second-order valence-electron chi connectivity index (χ2n) is 7.78. The zero-order chi connectivity index (χ0) is 21.0. The van der Waals surface area contributed by atoms with Gasteiger partial charge in [-0.1, -0.05) is 25.5 Å². The minimum Gasteiger partial charge on any atom is -0.494 e. The molecule has 164 valence electrons. The highest BCUT2D eigenvalue weighted by atomic mass is 16.5. The van der Waals surface area contributed by atoms with Crippen molar-refractivity contribution < 1.29 is 14.6 Å². The number of ether oxygens (including phenoxy) is 2. The first-order valence-electron chi connectivity index (χ1n) is 10.8. The lowest BCUT2D eigenvalue weighted by Crippen LogP contribution is -2.52. The van der Waals surface area contributed by atoms with E-state index in [2.05, 4.69) is 27.4 Å². The summed E-state index contributed by atoms with van der Waals surface area (Å²) in [5.41, 5.74) is 0.247. The highest BCUT2D eigenvalue weighted by Crippen LogP contribution is 2.14. The van der Waals surface area contributed by atoms with E-state index in [9.17, 15) is 5.11 Å². The number of unbranched alkanes of at least 4 members (excludes halogenated alkanes) is 1. The third-order valence-electron chi connectivity index (χ3n) is 4.73. The second-order valence-corrected chi connectivity index (χ2v) is 7.78. The molecule has 0 spiro atoms. The molecule has 1 unspecified atom stereocenters. The van der Waals surface area contributed by atoms with Crippen molar-refractivity contribution in [3.63, 3.8) is 0 Å². The molecule has 1 aromatic carbocycles. The van der Waals surface area contributed by atoms with Crippen LogP contribution in [0.15, 0.2) is 29.3 Å². The summed E-state index contributed by atoms with van der Waals surface area (Å²) in [5.74, 6) is 1.59. The fourth-order valence-electron chi connectivity index (χ4n) is 3.15. The number of nitrogens with one attached hydrogen (secondary N) is 2. The Kier molecular flexibility index (Phi) is 10.2. The lowest BCUT2D eigenvalue weighted by Gasteiger charge is -2.34. The van der Waals surface area contributed by atoms with E-state index < -0.39 is 5.60 Å². The molecule has 0 amide bonds. The van der Waals surface area contributed by atoms with Crippen LogP contribution in [0.1, 0.15) is 39.2 Å². The monoisotopic (exact) mass is 406 g/mol. The van der Waals surface area contributed by atoms with Crippen LogP contribution in [0.4, 0.5) is 0 Å². The molecule has 1 saturated heterocycles. The van der Waals surface area contributed by atoms with Gasteiger partial charge in [0.05, 0.1) is 32.0 Å². The minimum atomic E-state index is -0.847. The van der Waals surface area contributed by atoms with Gasteiger partial charge in [-0.05, 0) is 38.0 Å². The third-order valence-corrected chi connectivity index (χ3v) is 4.73. The van der Waals surface area contributed by atoms with Gasteiger partial charge in [0.25, 0.3) is 0 Å². The predicted octanol–water partition coefficient (Wildman–Crippen LogP) is 2.00. The Bertz CT molecular complexity index is 616. The quantitative estimate of drug-likeness (QED) is 0.296. The molecule has 1 fully saturated rings. The molecule has 1 aliphatic heterocycles. The molecular formula is C22H38N4O3. The molecule has 29 heavy (non-hydrogen) atoms. The number of nitrogens with zero attached hydrogens (tertiary/aromatic N) is 2. The smallest absolute Gasteiger partial charge is 0.191 e. The summed E-state index contributed by atoms with van der Waals surface area (Å²) < 4.78 is 11.2. The maximum Gasteiger partial charge on any atom is 0.191 e. The molecule has 0 saturated carbocycles. The summed E-state index contributed by atoms with van der Waals surface area (Å²) in [4.78, 5) is 6.90.